The van der Waals surface area contributed by atoms with Gasteiger partial charge in [-0.15, -0.1) is 0 Å². The molecule has 4 heteroatoms. The molecule has 0 aromatic carbocycles. The molecule has 0 amide bonds. The Kier molecular flexibility index (Phi) is 6.10. The van der Waals surface area contributed by atoms with Gasteiger partial charge in [-0.3, -0.25) is 9.59 Å². The van der Waals surface area contributed by atoms with Gasteiger partial charge in [0.2, 0.25) is 0 Å². The predicted molar refractivity (Wildman–Crippen MR) is 134 cm³/mol. The summed E-state index contributed by atoms with van der Waals surface area (Å²) in [7, 11) is 0. The average Bonchev–Trinajstić information content (AvgIpc) is 3.04. The van der Waals surface area contributed by atoms with Gasteiger partial charge in [0, 0.05) is 34.8 Å². The van der Waals surface area contributed by atoms with Gasteiger partial charge in [-0.25, -0.2) is 4.79 Å². The van der Waals surface area contributed by atoms with Crippen LogP contribution in [0.4, 0.5) is 0 Å². The molecule has 0 radical (unpaired) electrons. The van der Waals surface area contributed by atoms with E-state index in [1.807, 2.05) is 6.08 Å². The molecule has 0 heterocycles. The molecule has 1 unspecified atom stereocenters. The van der Waals surface area contributed by atoms with E-state index in [4.69, 9.17) is 5.11 Å². The number of hydrogen-bond acceptors (Lipinski definition) is 3. The number of carbonyl (C=O) groups is 3. The van der Waals surface area contributed by atoms with Crippen LogP contribution >= 0.6 is 0 Å². The molecule has 0 aromatic heterocycles. The van der Waals surface area contributed by atoms with Gasteiger partial charge in [-0.2, -0.15) is 0 Å². The van der Waals surface area contributed by atoms with Crippen molar-refractivity contribution in [1.29, 1.82) is 0 Å². The number of allylic oxidation sites excluding steroid dienone is 3. The number of aliphatic carboxylic acids is 1. The number of fused-ring (bicyclic) bond motifs is 4. The summed E-state index contributed by atoms with van der Waals surface area (Å²) in [5.74, 6) is 0.923. The van der Waals surface area contributed by atoms with Gasteiger partial charge in [0.15, 0.2) is 5.78 Å². The average molecular weight is 469 g/mol. The third-order valence-electron chi connectivity index (χ3n) is 11.5. The minimum atomic E-state index is -0.838. The zero-order valence-electron chi connectivity index (χ0n) is 22.3. The summed E-state index contributed by atoms with van der Waals surface area (Å²) in [5, 5.41) is 9.15. The molecule has 4 rings (SSSR count). The molecule has 4 aliphatic rings. The SMILES string of the molecule is C/C(=C/CCC(C)[C@@H]1CC[C@]2(C)C3=C(CC[C@@]12C)[C@@]1(C)CCC(=O)C(C)(C)[C@@H]1CC3=O)C(=O)O. The monoisotopic (exact) mass is 468 g/mol. The largest absolute Gasteiger partial charge is 0.478 e. The van der Waals surface area contributed by atoms with Gasteiger partial charge in [0.1, 0.15) is 5.78 Å². The van der Waals surface area contributed by atoms with Crippen LogP contribution in [-0.4, -0.2) is 22.6 Å². The summed E-state index contributed by atoms with van der Waals surface area (Å²) in [6.45, 7) is 15.3. The van der Waals surface area contributed by atoms with Gasteiger partial charge in [0.05, 0.1) is 0 Å². The fourth-order valence-electron chi connectivity index (χ4n) is 8.97. The summed E-state index contributed by atoms with van der Waals surface area (Å²) in [5.41, 5.74) is 2.44. The van der Waals surface area contributed by atoms with Crippen LogP contribution in [0.3, 0.4) is 0 Å². The molecule has 0 bridgehead atoms. The van der Waals surface area contributed by atoms with Gasteiger partial charge in [0.25, 0.3) is 0 Å². The number of rotatable bonds is 5. The van der Waals surface area contributed by atoms with E-state index in [0.717, 1.165) is 50.5 Å². The Hall–Kier alpha value is -1.71. The molecule has 0 spiro atoms. The number of ketones is 2. The van der Waals surface area contributed by atoms with Crippen LogP contribution < -0.4 is 0 Å². The van der Waals surface area contributed by atoms with E-state index >= 15 is 0 Å². The standard InChI is InChI=1S/C30H44O4/c1-18(9-8-10-19(2)26(33)34)20-11-16-30(7)25-21(12-15-29(20,30)6)28(5)14-13-24(32)27(3,4)23(28)17-22(25)31/h10,18,20,23H,8-9,11-17H2,1-7H3,(H,33,34)/b19-10-/t18?,20-,23-,28+,29-,30+/m0/s1. The Morgan fingerprint density at radius 2 is 1.76 bits per heavy atom. The van der Waals surface area contributed by atoms with Crippen LogP contribution in [0.25, 0.3) is 0 Å². The molecule has 6 atom stereocenters. The fraction of sp³-hybridized carbons (Fsp3) is 0.767. The maximum atomic E-state index is 13.9. The van der Waals surface area contributed by atoms with Crippen molar-refractivity contribution < 1.29 is 19.5 Å². The van der Waals surface area contributed by atoms with Crippen molar-refractivity contribution in [2.45, 2.75) is 106 Å². The molecular weight excluding hydrogens is 424 g/mol. The summed E-state index contributed by atoms with van der Waals surface area (Å²) < 4.78 is 0. The van der Waals surface area contributed by atoms with E-state index in [1.165, 1.54) is 5.57 Å². The highest BCUT2D eigenvalue weighted by molar-refractivity contribution is 6.00. The highest BCUT2D eigenvalue weighted by Crippen LogP contribution is 2.71. The number of hydrogen-bond donors (Lipinski definition) is 1. The van der Waals surface area contributed by atoms with Crippen molar-refractivity contribution in [2.75, 3.05) is 0 Å². The normalized spacial score (nSPS) is 40.5. The van der Waals surface area contributed by atoms with Crippen molar-refractivity contribution >= 4 is 17.5 Å². The van der Waals surface area contributed by atoms with E-state index in [9.17, 15) is 14.4 Å². The van der Waals surface area contributed by atoms with Gasteiger partial charge in [-0.1, -0.05) is 53.2 Å². The number of carboxylic acid groups (broad SMARTS) is 1. The Morgan fingerprint density at radius 1 is 1.09 bits per heavy atom. The van der Waals surface area contributed by atoms with E-state index in [2.05, 4.69) is 41.5 Å². The summed E-state index contributed by atoms with van der Waals surface area (Å²) >= 11 is 0. The number of carboxylic acids is 1. The predicted octanol–water partition coefficient (Wildman–Crippen LogP) is 6.93. The zero-order chi connectivity index (χ0) is 25.3. The van der Waals surface area contributed by atoms with Gasteiger partial charge < -0.3 is 5.11 Å². The highest BCUT2D eigenvalue weighted by atomic mass is 16.4. The van der Waals surface area contributed by atoms with Crippen LogP contribution in [0, 0.1) is 39.4 Å². The first kappa shape index (κ1) is 25.4. The molecule has 2 fully saturated rings. The third kappa shape index (κ3) is 3.41. The van der Waals surface area contributed by atoms with Gasteiger partial charge in [-0.05, 0) is 80.5 Å². The van der Waals surface area contributed by atoms with Crippen molar-refractivity contribution in [3.8, 4) is 0 Å². The summed E-state index contributed by atoms with van der Waals surface area (Å²) in [4.78, 5) is 37.8. The fourth-order valence-corrected chi connectivity index (χ4v) is 8.97. The Balaban J connectivity index is 1.66. The van der Waals surface area contributed by atoms with Crippen molar-refractivity contribution in [3.05, 3.63) is 22.8 Å². The van der Waals surface area contributed by atoms with E-state index < -0.39 is 11.4 Å². The molecule has 0 aromatic rings. The van der Waals surface area contributed by atoms with Crippen molar-refractivity contribution in [2.24, 2.45) is 39.4 Å². The molecule has 2 saturated carbocycles. The molecule has 0 saturated heterocycles. The Bertz CT molecular complexity index is 984. The van der Waals surface area contributed by atoms with Gasteiger partial charge >= 0.3 is 5.97 Å². The summed E-state index contributed by atoms with van der Waals surface area (Å²) in [6.07, 6.45) is 9.91. The third-order valence-corrected chi connectivity index (χ3v) is 11.5. The quantitative estimate of drug-likeness (QED) is 0.444. The van der Waals surface area contributed by atoms with Crippen LogP contribution in [0.1, 0.15) is 106 Å². The topological polar surface area (TPSA) is 71.4 Å². The molecule has 4 aliphatic carbocycles. The zero-order valence-corrected chi connectivity index (χ0v) is 22.3. The first-order valence-corrected chi connectivity index (χ1v) is 13.4. The van der Waals surface area contributed by atoms with Crippen LogP contribution in [-0.2, 0) is 14.4 Å². The van der Waals surface area contributed by atoms with Crippen molar-refractivity contribution in [1.82, 2.24) is 0 Å². The maximum Gasteiger partial charge on any atom is 0.330 e. The second-order valence-corrected chi connectivity index (χ2v) is 13.2. The molecule has 0 aliphatic heterocycles. The lowest BCUT2D eigenvalue weighted by Gasteiger charge is -2.60. The highest BCUT2D eigenvalue weighted by Gasteiger charge is 2.65. The molecule has 34 heavy (non-hydrogen) atoms. The molecule has 188 valence electrons. The van der Waals surface area contributed by atoms with Crippen LogP contribution in [0.2, 0.25) is 0 Å². The Labute approximate surface area is 205 Å². The maximum absolute atomic E-state index is 13.9. The second kappa shape index (κ2) is 8.17. The first-order valence-electron chi connectivity index (χ1n) is 13.4. The lowest BCUT2D eigenvalue weighted by Crippen LogP contribution is -2.56. The number of carbonyl (C=O) groups excluding carboxylic acids is 2. The minimum Gasteiger partial charge on any atom is -0.478 e. The lowest BCUT2D eigenvalue weighted by molar-refractivity contribution is -0.142. The van der Waals surface area contributed by atoms with E-state index in [1.54, 1.807) is 6.92 Å². The second-order valence-electron chi connectivity index (χ2n) is 13.2. The molecular formula is C30H44O4. The van der Waals surface area contributed by atoms with E-state index in [0.29, 0.717) is 41.8 Å². The summed E-state index contributed by atoms with van der Waals surface area (Å²) in [6, 6.07) is 0. The van der Waals surface area contributed by atoms with Crippen LogP contribution in [0.5, 0.6) is 0 Å². The lowest BCUT2D eigenvalue weighted by atomic mass is 9.43. The van der Waals surface area contributed by atoms with Crippen LogP contribution in [0.15, 0.2) is 22.8 Å². The number of Topliss-reactive ketones (excluding diaryl/α,β-unsaturated/α-hetero) is 2. The smallest absolute Gasteiger partial charge is 0.330 e. The molecule has 1 N–H and O–H groups in total. The van der Waals surface area contributed by atoms with E-state index in [-0.39, 0.29) is 22.2 Å². The first-order chi connectivity index (χ1) is 15.7. The van der Waals surface area contributed by atoms with Crippen molar-refractivity contribution in [3.63, 3.8) is 0 Å². The Morgan fingerprint density at radius 3 is 2.41 bits per heavy atom. The minimum absolute atomic E-state index is 0.0478. The molecule has 4 nitrogen and oxygen atoms in total.